The van der Waals surface area contributed by atoms with E-state index < -0.39 is 0 Å². The summed E-state index contributed by atoms with van der Waals surface area (Å²) in [4.78, 5) is 1.87. The highest BCUT2D eigenvalue weighted by atomic mass is 15.1. The van der Waals surface area contributed by atoms with Crippen LogP contribution >= 0.6 is 0 Å². The smallest absolute Gasteiger partial charge is 0.0645 e. The molecule has 0 bridgehead atoms. The maximum absolute atomic E-state index is 9.59. The molecule has 0 N–H and O–H groups in total. The summed E-state index contributed by atoms with van der Waals surface area (Å²) in [5.41, 5.74) is 13.9. The van der Waals surface area contributed by atoms with Gasteiger partial charge in [0, 0.05) is 22.5 Å². The molecule has 0 aliphatic heterocycles. The minimum absolute atomic E-state index is 0.0924. The van der Waals surface area contributed by atoms with Crippen LogP contribution in [0.1, 0.15) is 30.5 Å². The molecule has 9 aromatic carbocycles. The summed E-state index contributed by atoms with van der Waals surface area (Å²) in [5.74, 6) is 0. The van der Waals surface area contributed by atoms with Gasteiger partial charge in [-0.15, -0.1) is 0 Å². The third kappa shape index (κ3) is 5.81. The Morgan fingerprint density at radius 3 is 1.70 bits per heavy atom. The zero-order valence-corrected chi connectivity index (χ0v) is 31.3. The molecule has 0 heterocycles. The second-order valence-corrected chi connectivity index (χ2v) is 15.0. The maximum atomic E-state index is 9.59. The third-order valence-electron chi connectivity index (χ3n) is 11.3. The second-order valence-electron chi connectivity index (χ2n) is 15.0. The van der Waals surface area contributed by atoms with E-state index in [0.29, 0.717) is 5.56 Å². The average molecular weight is 720 g/mol. The van der Waals surface area contributed by atoms with Gasteiger partial charge < -0.3 is 4.90 Å². The summed E-state index contributed by atoms with van der Waals surface area (Å²) in [5, 5.41) is 2.23. The fourth-order valence-electron chi connectivity index (χ4n) is 8.60. The van der Waals surface area contributed by atoms with Gasteiger partial charge in [-0.05, 0) is 120 Å². The molecule has 1 nitrogen and oxygen atoms in total. The van der Waals surface area contributed by atoms with Gasteiger partial charge in [-0.3, -0.25) is 0 Å². The molecule has 0 amide bonds. The Kier molecular flexibility index (Phi) is 7.20. The number of nitrogens with zero attached hydrogens (tertiary/aromatic N) is 1. The largest absolute Gasteiger partial charge is 0.311 e. The monoisotopic (exact) mass is 719 g/mol. The molecule has 10 rings (SSSR count). The SMILES string of the molecule is [2H]c1c([2H])c(N(c2ccc(-c3ccccc3)cc2)c2ccc(-c3cccc4c3C(C)(C)c3ccccc3-4)cc2)c([2H])c([2H])c1-c1cccc(-c2cccc3ccccc23)c1. The van der Waals surface area contributed by atoms with Gasteiger partial charge in [-0.25, -0.2) is 0 Å². The summed E-state index contributed by atoms with van der Waals surface area (Å²) in [7, 11) is 0. The maximum Gasteiger partial charge on any atom is 0.0645 e. The first-order valence-corrected chi connectivity index (χ1v) is 19.2. The summed E-state index contributed by atoms with van der Waals surface area (Å²) in [6.07, 6.45) is 0. The molecule has 0 radical (unpaired) electrons. The molecule has 0 fully saturated rings. The number of benzene rings is 9. The Balaban J connectivity index is 1.10. The van der Waals surface area contributed by atoms with E-state index in [0.717, 1.165) is 50.0 Å². The molecular weight excluding hydrogens is 675 g/mol. The molecule has 9 aromatic rings. The minimum Gasteiger partial charge on any atom is -0.311 e. The minimum atomic E-state index is -0.181. The quantitative estimate of drug-likeness (QED) is 0.159. The lowest BCUT2D eigenvalue weighted by molar-refractivity contribution is 0.662. The van der Waals surface area contributed by atoms with E-state index in [9.17, 15) is 5.48 Å². The molecular formula is C55H41N. The van der Waals surface area contributed by atoms with Crippen LogP contribution in [0.2, 0.25) is 0 Å². The summed E-state index contributed by atoms with van der Waals surface area (Å²) in [6, 6.07) is 63.6. The van der Waals surface area contributed by atoms with Gasteiger partial charge in [-0.1, -0.05) is 184 Å². The van der Waals surface area contributed by atoms with Crippen LogP contribution in [0.25, 0.3) is 66.4 Å². The van der Waals surface area contributed by atoms with Gasteiger partial charge in [0.15, 0.2) is 0 Å². The lowest BCUT2D eigenvalue weighted by Crippen LogP contribution is -2.16. The predicted octanol–water partition coefficient (Wildman–Crippen LogP) is 15.3. The van der Waals surface area contributed by atoms with Crippen LogP contribution in [0, 0.1) is 0 Å². The van der Waals surface area contributed by atoms with Gasteiger partial charge in [0.05, 0.1) is 5.48 Å². The molecule has 56 heavy (non-hydrogen) atoms. The Bertz CT molecular complexity index is 3060. The third-order valence-corrected chi connectivity index (χ3v) is 11.3. The molecule has 1 aliphatic carbocycles. The summed E-state index contributed by atoms with van der Waals surface area (Å²) < 4.78 is 38.1. The van der Waals surface area contributed by atoms with Gasteiger partial charge in [0.1, 0.15) is 0 Å². The van der Waals surface area contributed by atoms with Gasteiger partial charge in [-0.2, -0.15) is 0 Å². The van der Waals surface area contributed by atoms with Crippen LogP contribution in [0.15, 0.2) is 212 Å². The molecule has 0 saturated carbocycles. The topological polar surface area (TPSA) is 3.24 Å². The van der Waals surface area contributed by atoms with Gasteiger partial charge >= 0.3 is 0 Å². The van der Waals surface area contributed by atoms with Crippen LogP contribution in [0.3, 0.4) is 0 Å². The first-order valence-electron chi connectivity index (χ1n) is 21.2. The van der Waals surface area contributed by atoms with Crippen molar-refractivity contribution in [2.24, 2.45) is 0 Å². The van der Waals surface area contributed by atoms with Crippen LogP contribution in [0.5, 0.6) is 0 Å². The number of rotatable bonds is 7. The Morgan fingerprint density at radius 2 is 0.911 bits per heavy atom. The van der Waals surface area contributed by atoms with E-state index in [1.165, 1.54) is 27.8 Å². The molecule has 0 aromatic heterocycles. The van der Waals surface area contributed by atoms with Crippen LogP contribution < -0.4 is 4.90 Å². The summed E-state index contributed by atoms with van der Waals surface area (Å²) >= 11 is 0. The summed E-state index contributed by atoms with van der Waals surface area (Å²) in [6.45, 7) is 4.59. The lowest BCUT2D eigenvalue weighted by atomic mass is 9.79. The molecule has 0 unspecified atom stereocenters. The predicted molar refractivity (Wildman–Crippen MR) is 238 cm³/mol. The lowest BCUT2D eigenvalue weighted by Gasteiger charge is -2.27. The van der Waals surface area contributed by atoms with Crippen molar-refractivity contribution in [3.05, 3.63) is 223 Å². The Morgan fingerprint density at radius 1 is 0.375 bits per heavy atom. The van der Waals surface area contributed by atoms with E-state index in [4.69, 9.17) is 0 Å². The normalized spacial score (nSPS) is 13.6. The van der Waals surface area contributed by atoms with Crippen molar-refractivity contribution in [2.45, 2.75) is 19.3 Å². The highest BCUT2D eigenvalue weighted by Gasteiger charge is 2.37. The van der Waals surface area contributed by atoms with Crippen molar-refractivity contribution in [3.63, 3.8) is 0 Å². The number of fused-ring (bicyclic) bond motifs is 4. The second kappa shape index (κ2) is 13.7. The Hall–Kier alpha value is -6.96. The van der Waals surface area contributed by atoms with Crippen molar-refractivity contribution in [1.82, 2.24) is 0 Å². The van der Waals surface area contributed by atoms with Crippen LogP contribution in [0.4, 0.5) is 17.1 Å². The highest BCUT2D eigenvalue weighted by molar-refractivity contribution is 5.97. The average Bonchev–Trinajstić information content (AvgIpc) is 3.53. The van der Waals surface area contributed by atoms with Crippen LogP contribution in [-0.4, -0.2) is 0 Å². The van der Waals surface area contributed by atoms with Crippen molar-refractivity contribution < 1.29 is 5.48 Å². The van der Waals surface area contributed by atoms with E-state index in [-0.39, 0.29) is 40.8 Å². The molecule has 266 valence electrons. The van der Waals surface area contributed by atoms with Gasteiger partial charge in [0.2, 0.25) is 0 Å². The zero-order valence-electron chi connectivity index (χ0n) is 35.3. The van der Waals surface area contributed by atoms with E-state index in [1.54, 1.807) is 0 Å². The van der Waals surface area contributed by atoms with Crippen molar-refractivity contribution in [2.75, 3.05) is 4.90 Å². The van der Waals surface area contributed by atoms with E-state index in [1.807, 2.05) is 102 Å². The highest BCUT2D eigenvalue weighted by Crippen LogP contribution is 2.52. The number of hydrogen-bond acceptors (Lipinski definition) is 1. The van der Waals surface area contributed by atoms with Crippen molar-refractivity contribution in [3.8, 4) is 55.6 Å². The van der Waals surface area contributed by atoms with E-state index in [2.05, 4.69) is 105 Å². The fraction of sp³-hybridized carbons (Fsp3) is 0.0545. The van der Waals surface area contributed by atoms with E-state index >= 15 is 0 Å². The fourth-order valence-corrected chi connectivity index (χ4v) is 8.60. The molecule has 0 spiro atoms. The molecule has 1 aliphatic rings. The van der Waals surface area contributed by atoms with Gasteiger partial charge in [0.25, 0.3) is 0 Å². The Labute approximate surface area is 335 Å². The molecule has 1 heteroatoms. The molecule has 0 saturated heterocycles. The number of hydrogen-bond donors (Lipinski definition) is 0. The van der Waals surface area contributed by atoms with Crippen molar-refractivity contribution >= 4 is 27.8 Å². The van der Waals surface area contributed by atoms with Crippen molar-refractivity contribution in [1.29, 1.82) is 0 Å². The first kappa shape index (κ1) is 29.4. The standard InChI is InChI=1S/C55H41N/c1-55(2)53-24-9-8-20-51(53)52-23-12-22-50(54(52)55)42-29-35-47(36-30-42)56(45-31-25-39(26-32-45)38-13-4-3-5-14-38)46-33-27-40(28-34-46)43-17-10-18-44(37-43)49-21-11-16-41-15-6-7-19-48(41)49/h3-37H,1-2H3/i27D,28D,33D,34D. The first-order chi connectivity index (χ1) is 29.2. The number of anilines is 3. The zero-order chi connectivity index (χ0) is 41.1. The molecule has 0 atom stereocenters. The van der Waals surface area contributed by atoms with Crippen LogP contribution in [-0.2, 0) is 5.41 Å².